The molecular formula is C12H20N2S2. The number of piperidine rings is 1. The van der Waals surface area contributed by atoms with Crippen LogP contribution in [0.5, 0.6) is 0 Å². The summed E-state index contributed by atoms with van der Waals surface area (Å²) in [5.74, 6) is 0.817. The van der Waals surface area contributed by atoms with E-state index in [1.807, 2.05) is 17.5 Å². The smallest absolute Gasteiger partial charge is 0.0940 e. The van der Waals surface area contributed by atoms with Gasteiger partial charge in [0.1, 0.15) is 0 Å². The minimum Gasteiger partial charge on any atom is -0.300 e. The summed E-state index contributed by atoms with van der Waals surface area (Å²) < 4.78 is 0. The fourth-order valence-electron chi connectivity index (χ4n) is 2.27. The van der Waals surface area contributed by atoms with Crippen molar-refractivity contribution in [2.45, 2.75) is 44.4 Å². The second kappa shape index (κ2) is 6.03. The van der Waals surface area contributed by atoms with Gasteiger partial charge in [-0.1, -0.05) is 6.42 Å². The van der Waals surface area contributed by atoms with Crippen LogP contribution in [0.4, 0.5) is 0 Å². The lowest BCUT2D eigenvalue weighted by Crippen LogP contribution is -2.38. The number of nitrogens with zero attached hydrogens (tertiary/aromatic N) is 2. The molecule has 4 heteroatoms. The van der Waals surface area contributed by atoms with E-state index < -0.39 is 0 Å². The highest BCUT2D eigenvalue weighted by molar-refractivity contribution is 7.79. The maximum absolute atomic E-state index is 4.44. The molecule has 90 valence electrons. The highest BCUT2D eigenvalue weighted by Gasteiger charge is 2.17. The van der Waals surface area contributed by atoms with Crippen molar-refractivity contribution in [1.29, 1.82) is 0 Å². The van der Waals surface area contributed by atoms with Crippen LogP contribution >= 0.6 is 24.0 Å². The maximum Gasteiger partial charge on any atom is 0.0940 e. The molecule has 0 bridgehead atoms. The van der Waals surface area contributed by atoms with Gasteiger partial charge in [-0.15, -0.1) is 11.3 Å². The van der Waals surface area contributed by atoms with Crippen LogP contribution in [-0.2, 0) is 12.2 Å². The summed E-state index contributed by atoms with van der Waals surface area (Å²) >= 11 is 6.08. The Morgan fingerprint density at radius 1 is 1.56 bits per heavy atom. The highest BCUT2D eigenvalue weighted by Crippen LogP contribution is 2.19. The minimum atomic E-state index is 0.762. The Morgan fingerprint density at radius 3 is 3.12 bits per heavy atom. The molecule has 1 saturated heterocycles. The van der Waals surface area contributed by atoms with Crippen molar-refractivity contribution < 1.29 is 0 Å². The van der Waals surface area contributed by atoms with Gasteiger partial charge >= 0.3 is 0 Å². The predicted octanol–water partition coefficient (Wildman–Crippen LogP) is 2.99. The summed E-state index contributed by atoms with van der Waals surface area (Å²) in [7, 11) is 0. The van der Waals surface area contributed by atoms with Crippen LogP contribution in [0.1, 0.15) is 36.1 Å². The lowest BCUT2D eigenvalue weighted by molar-refractivity contribution is 0.163. The molecule has 1 aliphatic heterocycles. The van der Waals surface area contributed by atoms with Crippen LogP contribution in [0.3, 0.4) is 0 Å². The van der Waals surface area contributed by atoms with Gasteiger partial charge in [0.25, 0.3) is 0 Å². The molecule has 1 aliphatic rings. The number of thiazole rings is 1. The molecule has 2 rings (SSSR count). The van der Waals surface area contributed by atoms with E-state index in [0.29, 0.717) is 0 Å². The molecule has 0 spiro atoms. The second-order valence-corrected chi connectivity index (χ2v) is 6.03. The van der Waals surface area contributed by atoms with Gasteiger partial charge < -0.3 is 4.90 Å². The summed E-state index contributed by atoms with van der Waals surface area (Å²) in [6.45, 7) is 4.78. The Labute approximate surface area is 107 Å². The standard InChI is InChI=1S/C12H20N2S2/c1-10-4-2-3-6-14(10)7-5-12-13-8-11(9-15)16-12/h8,10,15H,2-7,9H2,1H3. The average molecular weight is 256 g/mol. The molecule has 2 heterocycles. The van der Waals surface area contributed by atoms with Crippen LogP contribution in [0.25, 0.3) is 0 Å². The van der Waals surface area contributed by atoms with Crippen molar-refractivity contribution in [1.82, 2.24) is 9.88 Å². The summed E-state index contributed by atoms with van der Waals surface area (Å²) in [6, 6.07) is 0.762. The van der Waals surface area contributed by atoms with Crippen LogP contribution < -0.4 is 0 Å². The maximum atomic E-state index is 4.44. The van der Waals surface area contributed by atoms with Crippen molar-refractivity contribution in [3.63, 3.8) is 0 Å². The molecule has 1 aromatic heterocycles. The largest absolute Gasteiger partial charge is 0.300 e. The number of thiol groups is 1. The number of hydrogen-bond acceptors (Lipinski definition) is 4. The fourth-order valence-corrected chi connectivity index (χ4v) is 3.31. The molecule has 0 saturated carbocycles. The Morgan fingerprint density at radius 2 is 2.44 bits per heavy atom. The van der Waals surface area contributed by atoms with Crippen molar-refractivity contribution >= 4 is 24.0 Å². The molecule has 1 aromatic rings. The zero-order chi connectivity index (χ0) is 11.4. The minimum absolute atomic E-state index is 0.762. The van der Waals surface area contributed by atoms with Gasteiger partial charge in [0, 0.05) is 35.8 Å². The summed E-state index contributed by atoms with van der Waals surface area (Å²) in [4.78, 5) is 8.32. The topological polar surface area (TPSA) is 16.1 Å². The quantitative estimate of drug-likeness (QED) is 0.834. The average Bonchev–Trinajstić information content (AvgIpc) is 2.76. The Hall–Kier alpha value is -0.0600. The zero-order valence-electron chi connectivity index (χ0n) is 9.85. The van der Waals surface area contributed by atoms with E-state index in [1.54, 1.807) is 0 Å². The zero-order valence-corrected chi connectivity index (χ0v) is 11.6. The van der Waals surface area contributed by atoms with E-state index in [1.165, 1.54) is 42.2 Å². The van der Waals surface area contributed by atoms with E-state index >= 15 is 0 Å². The van der Waals surface area contributed by atoms with Gasteiger partial charge in [0.2, 0.25) is 0 Å². The summed E-state index contributed by atoms with van der Waals surface area (Å²) in [5.41, 5.74) is 0. The van der Waals surface area contributed by atoms with E-state index in [4.69, 9.17) is 0 Å². The number of likely N-dealkylation sites (tertiary alicyclic amines) is 1. The monoisotopic (exact) mass is 256 g/mol. The Balaban J connectivity index is 1.81. The third-order valence-electron chi connectivity index (χ3n) is 3.31. The molecule has 0 aromatic carbocycles. The first-order chi connectivity index (χ1) is 7.79. The van der Waals surface area contributed by atoms with Gasteiger partial charge in [-0.25, -0.2) is 4.98 Å². The van der Waals surface area contributed by atoms with Gasteiger partial charge in [-0.2, -0.15) is 12.6 Å². The first-order valence-corrected chi connectivity index (χ1v) is 7.53. The highest BCUT2D eigenvalue weighted by atomic mass is 32.1. The first kappa shape index (κ1) is 12.4. The first-order valence-electron chi connectivity index (χ1n) is 6.08. The molecule has 0 N–H and O–H groups in total. The number of hydrogen-bond donors (Lipinski definition) is 1. The van der Waals surface area contributed by atoms with E-state index in [0.717, 1.165) is 18.2 Å². The summed E-state index contributed by atoms with van der Waals surface area (Å²) in [6.07, 6.45) is 7.19. The normalized spacial score (nSPS) is 22.5. The second-order valence-electron chi connectivity index (χ2n) is 4.51. The molecular weight excluding hydrogens is 236 g/mol. The van der Waals surface area contributed by atoms with Crippen molar-refractivity contribution in [2.24, 2.45) is 0 Å². The molecule has 1 atom stereocenters. The Bertz CT molecular complexity index is 325. The molecule has 0 amide bonds. The van der Waals surface area contributed by atoms with Gasteiger partial charge in [0.15, 0.2) is 0 Å². The fraction of sp³-hybridized carbons (Fsp3) is 0.750. The van der Waals surface area contributed by atoms with Gasteiger partial charge in [-0.3, -0.25) is 0 Å². The molecule has 1 fully saturated rings. The molecule has 0 aliphatic carbocycles. The molecule has 2 nitrogen and oxygen atoms in total. The van der Waals surface area contributed by atoms with Gasteiger partial charge in [-0.05, 0) is 26.3 Å². The lowest BCUT2D eigenvalue weighted by atomic mass is 10.0. The van der Waals surface area contributed by atoms with Crippen LogP contribution in [0, 0.1) is 0 Å². The van der Waals surface area contributed by atoms with E-state index in [9.17, 15) is 0 Å². The Kier molecular flexibility index (Phi) is 4.67. The van der Waals surface area contributed by atoms with Crippen molar-refractivity contribution in [3.8, 4) is 0 Å². The molecule has 0 radical (unpaired) electrons. The predicted molar refractivity (Wildman–Crippen MR) is 73.4 cm³/mol. The third kappa shape index (κ3) is 3.22. The van der Waals surface area contributed by atoms with Gasteiger partial charge in [0.05, 0.1) is 5.01 Å². The molecule has 16 heavy (non-hydrogen) atoms. The van der Waals surface area contributed by atoms with Crippen LogP contribution in [0.2, 0.25) is 0 Å². The number of aromatic nitrogens is 1. The van der Waals surface area contributed by atoms with Crippen LogP contribution in [0.15, 0.2) is 6.20 Å². The van der Waals surface area contributed by atoms with Crippen molar-refractivity contribution in [3.05, 3.63) is 16.1 Å². The lowest BCUT2D eigenvalue weighted by Gasteiger charge is -2.32. The number of rotatable bonds is 4. The summed E-state index contributed by atoms with van der Waals surface area (Å²) in [5, 5.41) is 1.27. The third-order valence-corrected chi connectivity index (χ3v) is 4.92. The van der Waals surface area contributed by atoms with Crippen LogP contribution in [-0.4, -0.2) is 29.0 Å². The van der Waals surface area contributed by atoms with E-state index in [-0.39, 0.29) is 0 Å². The van der Waals surface area contributed by atoms with E-state index in [2.05, 4.69) is 29.4 Å². The van der Waals surface area contributed by atoms with Crippen molar-refractivity contribution in [2.75, 3.05) is 13.1 Å². The SMILES string of the molecule is CC1CCCCN1CCc1ncc(CS)s1. The molecule has 1 unspecified atom stereocenters.